The van der Waals surface area contributed by atoms with Crippen molar-refractivity contribution in [3.8, 4) is 0 Å². The van der Waals surface area contributed by atoms with Crippen LogP contribution in [-0.4, -0.2) is 18.5 Å². The van der Waals surface area contributed by atoms with Gasteiger partial charge in [0.25, 0.3) is 0 Å². The Labute approximate surface area is 140 Å². The summed E-state index contributed by atoms with van der Waals surface area (Å²) in [5.41, 5.74) is 7.60. The van der Waals surface area contributed by atoms with Gasteiger partial charge in [0.2, 0.25) is 5.91 Å². The Morgan fingerprint density at radius 2 is 1.95 bits per heavy atom. The summed E-state index contributed by atoms with van der Waals surface area (Å²) in [5, 5.41) is 3.10. The summed E-state index contributed by atoms with van der Waals surface area (Å²) in [4.78, 5) is 12.1. The van der Waals surface area contributed by atoms with E-state index >= 15 is 0 Å². The number of benzene rings is 1. The molecule has 0 heterocycles. The molecule has 22 heavy (non-hydrogen) atoms. The lowest BCUT2D eigenvalue weighted by Gasteiger charge is -2.42. The highest BCUT2D eigenvalue weighted by molar-refractivity contribution is 5.85. The summed E-state index contributed by atoms with van der Waals surface area (Å²) in [7, 11) is 0. The molecule has 2 rings (SSSR count). The van der Waals surface area contributed by atoms with Crippen molar-refractivity contribution in [3.63, 3.8) is 0 Å². The molecule has 2 atom stereocenters. The molecule has 4 heteroatoms. The number of carbonyl (C=O) groups is 1. The molecule has 1 aliphatic rings. The fraction of sp³-hybridized carbons (Fsp3) is 0.611. The zero-order valence-electron chi connectivity index (χ0n) is 13.7. The molecule has 1 aliphatic carbocycles. The van der Waals surface area contributed by atoms with Gasteiger partial charge >= 0.3 is 0 Å². The van der Waals surface area contributed by atoms with Gasteiger partial charge in [0.1, 0.15) is 0 Å². The predicted molar refractivity (Wildman–Crippen MR) is 94.1 cm³/mol. The van der Waals surface area contributed by atoms with Crippen LogP contribution < -0.4 is 11.1 Å². The molecule has 0 aliphatic heterocycles. The van der Waals surface area contributed by atoms with E-state index in [1.54, 1.807) is 0 Å². The number of nitrogens with two attached hydrogens (primary N) is 1. The minimum absolute atomic E-state index is 0. The molecule has 124 valence electrons. The number of nitrogens with one attached hydrogen (secondary N) is 1. The van der Waals surface area contributed by atoms with E-state index in [1.807, 2.05) is 13.0 Å². The summed E-state index contributed by atoms with van der Waals surface area (Å²) in [6.07, 6.45) is 5.64. The first-order chi connectivity index (χ1) is 10.1. The Bertz CT molecular complexity index is 459. The fourth-order valence-corrected chi connectivity index (χ4v) is 3.03. The summed E-state index contributed by atoms with van der Waals surface area (Å²) >= 11 is 0. The maximum absolute atomic E-state index is 12.1. The molecule has 3 N–H and O–H groups in total. The molecular weight excluding hydrogens is 296 g/mol. The zero-order valence-corrected chi connectivity index (χ0v) is 14.5. The SMILES string of the molecule is CCC(C)C(N)C(=O)NCC1(Cc2ccccc2)CCC1.Cl. The van der Waals surface area contributed by atoms with Gasteiger partial charge in [-0.15, -0.1) is 12.4 Å². The fourth-order valence-electron chi connectivity index (χ4n) is 3.03. The predicted octanol–water partition coefficient (Wildman–Crippen LogP) is 3.31. The molecule has 0 bridgehead atoms. The van der Waals surface area contributed by atoms with Gasteiger partial charge < -0.3 is 11.1 Å². The summed E-state index contributed by atoms with van der Waals surface area (Å²) in [5.74, 6) is 0.236. The average Bonchev–Trinajstić information content (AvgIpc) is 2.48. The van der Waals surface area contributed by atoms with Crippen LogP contribution >= 0.6 is 12.4 Å². The Hall–Kier alpha value is -1.06. The minimum atomic E-state index is -0.385. The lowest BCUT2D eigenvalue weighted by atomic mass is 9.65. The van der Waals surface area contributed by atoms with Gasteiger partial charge in [0.05, 0.1) is 6.04 Å². The van der Waals surface area contributed by atoms with E-state index in [0.717, 1.165) is 19.4 Å². The van der Waals surface area contributed by atoms with Crippen LogP contribution in [0.4, 0.5) is 0 Å². The number of hydrogen-bond donors (Lipinski definition) is 2. The molecule has 0 spiro atoms. The highest BCUT2D eigenvalue weighted by Gasteiger charge is 2.37. The molecule has 3 nitrogen and oxygen atoms in total. The number of hydrogen-bond acceptors (Lipinski definition) is 2. The van der Waals surface area contributed by atoms with Crippen molar-refractivity contribution in [3.05, 3.63) is 35.9 Å². The zero-order chi connectivity index (χ0) is 15.3. The van der Waals surface area contributed by atoms with Crippen LogP contribution in [0.3, 0.4) is 0 Å². The largest absolute Gasteiger partial charge is 0.354 e. The van der Waals surface area contributed by atoms with Crippen LogP contribution in [0, 0.1) is 11.3 Å². The monoisotopic (exact) mass is 324 g/mol. The van der Waals surface area contributed by atoms with Crippen molar-refractivity contribution in [2.45, 2.75) is 52.0 Å². The summed E-state index contributed by atoms with van der Waals surface area (Å²) in [6, 6.07) is 10.2. The van der Waals surface area contributed by atoms with E-state index in [9.17, 15) is 4.79 Å². The molecule has 2 unspecified atom stereocenters. The number of rotatable bonds is 7. The molecule has 0 saturated heterocycles. The molecule has 1 aromatic rings. The quantitative estimate of drug-likeness (QED) is 0.808. The van der Waals surface area contributed by atoms with Gasteiger partial charge in [-0.3, -0.25) is 4.79 Å². The van der Waals surface area contributed by atoms with Gasteiger partial charge in [0.15, 0.2) is 0 Å². The van der Waals surface area contributed by atoms with E-state index < -0.39 is 0 Å². The van der Waals surface area contributed by atoms with Gasteiger partial charge in [-0.25, -0.2) is 0 Å². The third-order valence-corrected chi connectivity index (χ3v) is 5.03. The number of halogens is 1. The normalized spacial score (nSPS) is 18.5. The van der Waals surface area contributed by atoms with Crippen molar-refractivity contribution >= 4 is 18.3 Å². The van der Waals surface area contributed by atoms with Gasteiger partial charge in [0, 0.05) is 6.54 Å². The highest BCUT2D eigenvalue weighted by Crippen LogP contribution is 2.43. The average molecular weight is 325 g/mol. The second-order valence-electron chi connectivity index (χ2n) is 6.65. The van der Waals surface area contributed by atoms with Crippen LogP contribution in [0.15, 0.2) is 30.3 Å². The summed E-state index contributed by atoms with van der Waals surface area (Å²) in [6.45, 7) is 4.86. The van der Waals surface area contributed by atoms with E-state index in [-0.39, 0.29) is 35.7 Å². The molecule has 1 fully saturated rings. The third kappa shape index (κ3) is 4.72. The molecule has 1 amide bonds. The lowest BCUT2D eigenvalue weighted by Crippen LogP contribution is -2.50. The molecule has 0 radical (unpaired) electrons. The van der Waals surface area contributed by atoms with E-state index in [0.29, 0.717) is 0 Å². The first kappa shape index (κ1) is 19.0. The maximum Gasteiger partial charge on any atom is 0.237 e. The molecular formula is C18H29ClN2O. The second-order valence-corrected chi connectivity index (χ2v) is 6.65. The van der Waals surface area contributed by atoms with Crippen molar-refractivity contribution in [1.29, 1.82) is 0 Å². The van der Waals surface area contributed by atoms with Crippen molar-refractivity contribution in [2.24, 2.45) is 17.1 Å². The number of carbonyl (C=O) groups excluding carboxylic acids is 1. The molecule has 1 aromatic carbocycles. The first-order valence-electron chi connectivity index (χ1n) is 8.13. The topological polar surface area (TPSA) is 55.1 Å². The highest BCUT2D eigenvalue weighted by atomic mass is 35.5. The Morgan fingerprint density at radius 1 is 1.32 bits per heavy atom. The lowest BCUT2D eigenvalue weighted by molar-refractivity contribution is -0.124. The maximum atomic E-state index is 12.1. The van der Waals surface area contributed by atoms with Crippen molar-refractivity contribution in [1.82, 2.24) is 5.32 Å². The van der Waals surface area contributed by atoms with Crippen LogP contribution in [0.5, 0.6) is 0 Å². The van der Waals surface area contributed by atoms with Crippen molar-refractivity contribution in [2.75, 3.05) is 6.54 Å². The minimum Gasteiger partial charge on any atom is -0.354 e. The Morgan fingerprint density at radius 3 is 2.45 bits per heavy atom. The van der Waals surface area contributed by atoms with E-state index in [2.05, 4.69) is 36.5 Å². The molecule has 0 aromatic heterocycles. The van der Waals surface area contributed by atoms with Crippen LogP contribution in [0.1, 0.15) is 45.1 Å². The van der Waals surface area contributed by atoms with Crippen LogP contribution in [-0.2, 0) is 11.2 Å². The first-order valence-corrected chi connectivity index (χ1v) is 8.13. The molecule has 1 saturated carbocycles. The standard InChI is InChI=1S/C18H28N2O.ClH/c1-3-14(2)16(19)17(21)20-13-18(10-7-11-18)12-15-8-5-4-6-9-15;/h4-6,8-9,14,16H,3,7,10-13,19H2,1-2H3,(H,20,21);1H. The van der Waals surface area contributed by atoms with Gasteiger partial charge in [-0.05, 0) is 36.2 Å². The third-order valence-electron chi connectivity index (χ3n) is 5.03. The van der Waals surface area contributed by atoms with Gasteiger partial charge in [-0.1, -0.05) is 57.0 Å². The van der Waals surface area contributed by atoms with Crippen LogP contribution in [0.2, 0.25) is 0 Å². The van der Waals surface area contributed by atoms with E-state index in [1.165, 1.54) is 24.8 Å². The number of amides is 1. The second kappa shape index (κ2) is 8.54. The van der Waals surface area contributed by atoms with Gasteiger partial charge in [-0.2, -0.15) is 0 Å². The summed E-state index contributed by atoms with van der Waals surface area (Å²) < 4.78 is 0. The van der Waals surface area contributed by atoms with Crippen molar-refractivity contribution < 1.29 is 4.79 Å². The Balaban J connectivity index is 0.00000242. The van der Waals surface area contributed by atoms with E-state index in [4.69, 9.17) is 5.73 Å². The smallest absolute Gasteiger partial charge is 0.237 e. The Kier molecular flexibility index (Phi) is 7.37. The van der Waals surface area contributed by atoms with Crippen LogP contribution in [0.25, 0.3) is 0 Å².